The van der Waals surface area contributed by atoms with Gasteiger partial charge in [0.1, 0.15) is 6.54 Å². The molecule has 148 valence electrons. The van der Waals surface area contributed by atoms with Crippen LogP contribution >= 0.6 is 23.2 Å². The molecule has 1 N–H and O–H groups in total. The lowest BCUT2D eigenvalue weighted by Crippen LogP contribution is -2.43. The first-order chi connectivity index (χ1) is 13.8. The van der Waals surface area contributed by atoms with Gasteiger partial charge in [-0.1, -0.05) is 34.5 Å². The Balaban J connectivity index is 1.49. The quantitative estimate of drug-likeness (QED) is 0.751. The molecular weight excluding hydrogens is 417 g/mol. The van der Waals surface area contributed by atoms with Crippen molar-refractivity contribution in [3.05, 3.63) is 58.1 Å². The SMILES string of the molecule is Cc1ccc(Cl)cc1NC(=O)CN1N=N[C@@H]2C(=O)N(c3ccc(Cl)cc3)C(=O)[C@@H]21. The third kappa shape index (κ3) is 3.56. The average Bonchev–Trinajstić information content (AvgIpc) is 3.19. The second-order valence-corrected chi connectivity index (χ2v) is 7.56. The summed E-state index contributed by atoms with van der Waals surface area (Å²) in [6, 6.07) is 9.55. The van der Waals surface area contributed by atoms with Crippen LogP contribution in [0.2, 0.25) is 10.0 Å². The Morgan fingerprint density at radius 2 is 1.76 bits per heavy atom. The second-order valence-electron chi connectivity index (χ2n) is 6.69. The summed E-state index contributed by atoms with van der Waals surface area (Å²) in [6.45, 7) is 1.60. The predicted octanol–water partition coefficient (Wildman–Crippen LogP) is 3.23. The number of hydrogen-bond acceptors (Lipinski definition) is 6. The fourth-order valence-electron chi connectivity index (χ4n) is 3.26. The molecular formula is C19H15Cl2N5O3. The Morgan fingerprint density at radius 3 is 2.48 bits per heavy atom. The number of nitrogens with one attached hydrogen (secondary N) is 1. The molecule has 4 rings (SSSR count). The number of halogens is 2. The third-order valence-corrected chi connectivity index (χ3v) is 5.21. The van der Waals surface area contributed by atoms with Gasteiger partial charge in [0, 0.05) is 15.7 Å². The number of hydrogen-bond donors (Lipinski definition) is 1. The van der Waals surface area contributed by atoms with Crippen LogP contribution in [0, 0.1) is 6.92 Å². The molecule has 1 saturated heterocycles. The molecule has 2 aromatic rings. The van der Waals surface area contributed by atoms with E-state index in [0.29, 0.717) is 21.4 Å². The van der Waals surface area contributed by atoms with Gasteiger partial charge < -0.3 is 5.32 Å². The number of anilines is 2. The predicted molar refractivity (Wildman–Crippen MR) is 108 cm³/mol. The largest absolute Gasteiger partial charge is 0.324 e. The Labute approximate surface area is 176 Å². The van der Waals surface area contributed by atoms with Crippen molar-refractivity contribution < 1.29 is 14.4 Å². The fraction of sp³-hybridized carbons (Fsp3) is 0.211. The maximum absolute atomic E-state index is 12.9. The van der Waals surface area contributed by atoms with Gasteiger partial charge in [-0.25, -0.2) is 4.90 Å². The zero-order valence-corrected chi connectivity index (χ0v) is 16.7. The minimum atomic E-state index is -0.973. The number of rotatable bonds is 4. The first-order valence-corrected chi connectivity index (χ1v) is 9.47. The Kier molecular flexibility index (Phi) is 4.97. The monoisotopic (exact) mass is 431 g/mol. The zero-order valence-electron chi connectivity index (χ0n) is 15.2. The van der Waals surface area contributed by atoms with Crippen LogP contribution in [0.5, 0.6) is 0 Å². The molecule has 2 atom stereocenters. The van der Waals surface area contributed by atoms with E-state index in [1.807, 2.05) is 6.92 Å². The summed E-state index contributed by atoms with van der Waals surface area (Å²) in [6.07, 6.45) is 0. The van der Waals surface area contributed by atoms with E-state index in [0.717, 1.165) is 10.5 Å². The molecule has 8 nitrogen and oxygen atoms in total. The molecule has 0 saturated carbocycles. The maximum atomic E-state index is 12.9. The van der Waals surface area contributed by atoms with Crippen LogP contribution in [0.4, 0.5) is 11.4 Å². The van der Waals surface area contributed by atoms with Gasteiger partial charge in [0.05, 0.1) is 5.69 Å². The minimum absolute atomic E-state index is 0.232. The van der Waals surface area contributed by atoms with Crippen molar-refractivity contribution >= 4 is 52.3 Å². The molecule has 1 fully saturated rings. The number of nitrogens with zero attached hydrogens (tertiary/aromatic N) is 4. The van der Waals surface area contributed by atoms with E-state index in [2.05, 4.69) is 15.7 Å². The van der Waals surface area contributed by atoms with Crippen LogP contribution in [0.15, 0.2) is 52.8 Å². The molecule has 10 heteroatoms. The number of amides is 3. The summed E-state index contributed by atoms with van der Waals surface area (Å²) in [4.78, 5) is 39.1. The van der Waals surface area contributed by atoms with Crippen molar-refractivity contribution in [2.75, 3.05) is 16.8 Å². The highest BCUT2D eigenvalue weighted by molar-refractivity contribution is 6.31. The van der Waals surface area contributed by atoms with Crippen molar-refractivity contribution in [1.82, 2.24) is 5.01 Å². The van der Waals surface area contributed by atoms with Crippen LogP contribution in [0.3, 0.4) is 0 Å². The molecule has 0 bridgehead atoms. The molecule has 0 unspecified atom stereocenters. The van der Waals surface area contributed by atoms with E-state index in [-0.39, 0.29) is 6.54 Å². The molecule has 29 heavy (non-hydrogen) atoms. The van der Waals surface area contributed by atoms with E-state index in [4.69, 9.17) is 23.2 Å². The molecule has 2 aliphatic rings. The third-order valence-electron chi connectivity index (χ3n) is 4.72. The lowest BCUT2D eigenvalue weighted by Gasteiger charge is -2.20. The topological polar surface area (TPSA) is 94.4 Å². The van der Waals surface area contributed by atoms with E-state index in [9.17, 15) is 14.4 Å². The number of fused-ring (bicyclic) bond motifs is 1. The summed E-state index contributed by atoms with van der Waals surface area (Å²) in [5.41, 5.74) is 1.80. The van der Waals surface area contributed by atoms with Gasteiger partial charge >= 0.3 is 0 Å². The summed E-state index contributed by atoms with van der Waals surface area (Å²) in [5, 5.41) is 12.7. The number of carbonyl (C=O) groups excluding carboxylic acids is 3. The van der Waals surface area contributed by atoms with Crippen molar-refractivity contribution in [2.24, 2.45) is 10.3 Å². The highest BCUT2D eigenvalue weighted by atomic mass is 35.5. The van der Waals surface area contributed by atoms with E-state index in [1.54, 1.807) is 42.5 Å². The summed E-state index contributed by atoms with van der Waals surface area (Å²) < 4.78 is 0. The molecule has 0 aliphatic carbocycles. The van der Waals surface area contributed by atoms with Gasteiger partial charge in [0.25, 0.3) is 11.8 Å². The van der Waals surface area contributed by atoms with E-state index >= 15 is 0 Å². The second kappa shape index (κ2) is 7.46. The van der Waals surface area contributed by atoms with Gasteiger partial charge in [-0.15, -0.1) is 0 Å². The smallest absolute Gasteiger partial charge is 0.263 e. The molecule has 0 radical (unpaired) electrons. The van der Waals surface area contributed by atoms with Gasteiger partial charge in [-0.05, 0) is 48.9 Å². The average molecular weight is 432 g/mol. The molecule has 0 aromatic heterocycles. The lowest BCUT2D eigenvalue weighted by atomic mass is 10.1. The first kappa shape index (κ1) is 19.4. The summed E-state index contributed by atoms with van der Waals surface area (Å²) in [5.74, 6) is -1.38. The van der Waals surface area contributed by atoms with Crippen molar-refractivity contribution in [3.8, 4) is 0 Å². The normalized spacial score (nSPS) is 20.4. The Bertz CT molecular complexity index is 1040. The summed E-state index contributed by atoms with van der Waals surface area (Å²) in [7, 11) is 0. The lowest BCUT2D eigenvalue weighted by molar-refractivity contribution is -0.123. The van der Waals surface area contributed by atoms with Crippen molar-refractivity contribution in [2.45, 2.75) is 19.0 Å². The van der Waals surface area contributed by atoms with E-state index < -0.39 is 29.8 Å². The van der Waals surface area contributed by atoms with Crippen molar-refractivity contribution in [3.63, 3.8) is 0 Å². The molecule has 2 heterocycles. The highest BCUT2D eigenvalue weighted by Gasteiger charge is 2.55. The van der Waals surface area contributed by atoms with Crippen molar-refractivity contribution in [1.29, 1.82) is 0 Å². The molecule has 2 aromatic carbocycles. The first-order valence-electron chi connectivity index (χ1n) is 8.72. The zero-order chi connectivity index (χ0) is 20.7. The molecule has 0 spiro atoms. The van der Waals surface area contributed by atoms with Crippen LogP contribution < -0.4 is 10.2 Å². The van der Waals surface area contributed by atoms with Crippen LogP contribution in [0.25, 0.3) is 0 Å². The van der Waals surface area contributed by atoms with Gasteiger partial charge in [0.2, 0.25) is 5.91 Å². The molecule has 3 amide bonds. The van der Waals surface area contributed by atoms with Gasteiger partial charge in [0.15, 0.2) is 12.1 Å². The number of imide groups is 1. The van der Waals surface area contributed by atoms with Crippen LogP contribution in [-0.2, 0) is 14.4 Å². The fourth-order valence-corrected chi connectivity index (χ4v) is 3.56. The summed E-state index contributed by atoms with van der Waals surface area (Å²) >= 11 is 11.8. The minimum Gasteiger partial charge on any atom is -0.324 e. The van der Waals surface area contributed by atoms with Crippen LogP contribution in [0.1, 0.15) is 5.56 Å². The standard InChI is InChI=1S/C19H15Cl2N5O3/c1-10-2-3-12(21)8-14(10)22-15(27)9-25-17-16(23-24-25)18(28)26(19(17)29)13-6-4-11(20)5-7-13/h2-8,16-17H,9H2,1H3,(H,22,27)/t16-,17+/m0/s1. The number of benzene rings is 2. The highest BCUT2D eigenvalue weighted by Crippen LogP contribution is 2.32. The van der Waals surface area contributed by atoms with Gasteiger partial charge in [-0.3, -0.25) is 19.4 Å². The van der Waals surface area contributed by atoms with Crippen LogP contribution in [-0.4, -0.2) is 41.4 Å². The Hall–Kier alpha value is -2.97. The van der Waals surface area contributed by atoms with Gasteiger partial charge in [-0.2, -0.15) is 5.11 Å². The number of aryl methyl sites for hydroxylation is 1. The maximum Gasteiger partial charge on any atom is 0.263 e. The Morgan fingerprint density at radius 1 is 1.07 bits per heavy atom. The van der Waals surface area contributed by atoms with E-state index in [1.165, 1.54) is 5.01 Å². The molecule has 2 aliphatic heterocycles. The number of carbonyl (C=O) groups is 3.